The highest BCUT2D eigenvalue weighted by Crippen LogP contribution is 2.26. The van der Waals surface area contributed by atoms with Gasteiger partial charge in [0.05, 0.1) is 5.01 Å². The maximum atomic E-state index is 4.50. The van der Waals surface area contributed by atoms with Gasteiger partial charge in [-0.05, 0) is 24.1 Å². The van der Waals surface area contributed by atoms with Crippen LogP contribution in [0, 0.1) is 6.92 Å². The molecule has 0 spiro atoms. The fourth-order valence-corrected chi connectivity index (χ4v) is 2.68. The van der Waals surface area contributed by atoms with E-state index in [0.29, 0.717) is 0 Å². The Balaban J connectivity index is 1.90. The Morgan fingerprint density at radius 1 is 1.21 bits per heavy atom. The van der Waals surface area contributed by atoms with Crippen molar-refractivity contribution in [3.05, 3.63) is 45.7 Å². The lowest BCUT2D eigenvalue weighted by molar-refractivity contribution is 0.585. The number of nitrogens with zero attached hydrogens (tertiary/aromatic N) is 2. The quantitative estimate of drug-likeness (QED) is 0.929. The van der Waals surface area contributed by atoms with Crippen LogP contribution in [-0.4, -0.2) is 9.97 Å². The first kappa shape index (κ1) is 14.2. The van der Waals surface area contributed by atoms with Crippen LogP contribution in [0.5, 0.6) is 0 Å². The number of thiazole rings is 1. The SMILES string of the molecule is Cc1ccncc1CNCc1cnc(C(C)(C)C)s1. The molecule has 1 N–H and O–H groups in total. The van der Waals surface area contributed by atoms with Gasteiger partial charge in [0.15, 0.2) is 0 Å². The topological polar surface area (TPSA) is 37.8 Å². The Morgan fingerprint density at radius 2 is 2.00 bits per heavy atom. The molecule has 0 atom stereocenters. The zero-order valence-corrected chi connectivity index (χ0v) is 12.8. The summed E-state index contributed by atoms with van der Waals surface area (Å²) >= 11 is 1.79. The predicted molar refractivity (Wildman–Crippen MR) is 80.3 cm³/mol. The summed E-state index contributed by atoms with van der Waals surface area (Å²) in [5.41, 5.74) is 2.67. The smallest absolute Gasteiger partial charge is 0.0981 e. The average Bonchev–Trinajstić information content (AvgIpc) is 2.80. The van der Waals surface area contributed by atoms with E-state index in [1.54, 1.807) is 11.3 Å². The molecule has 102 valence electrons. The third-order valence-corrected chi connectivity index (χ3v) is 4.38. The molecule has 2 heterocycles. The van der Waals surface area contributed by atoms with Crippen molar-refractivity contribution >= 4 is 11.3 Å². The van der Waals surface area contributed by atoms with Gasteiger partial charge in [-0.15, -0.1) is 11.3 Å². The molecule has 2 aromatic heterocycles. The molecule has 0 unspecified atom stereocenters. The molecule has 0 amide bonds. The molecule has 4 heteroatoms. The molecule has 0 fully saturated rings. The van der Waals surface area contributed by atoms with Crippen LogP contribution in [0.25, 0.3) is 0 Å². The lowest BCUT2D eigenvalue weighted by Crippen LogP contribution is -2.13. The highest BCUT2D eigenvalue weighted by molar-refractivity contribution is 7.11. The summed E-state index contributed by atoms with van der Waals surface area (Å²) in [5.74, 6) is 0. The van der Waals surface area contributed by atoms with Crippen molar-refractivity contribution in [2.24, 2.45) is 0 Å². The standard InChI is InChI=1S/C15H21N3S/c1-11-5-6-16-7-12(11)8-17-9-13-10-18-14(19-13)15(2,3)4/h5-7,10,17H,8-9H2,1-4H3. The summed E-state index contributed by atoms with van der Waals surface area (Å²) < 4.78 is 0. The van der Waals surface area contributed by atoms with Crippen molar-refractivity contribution in [3.8, 4) is 0 Å². The second-order valence-corrected chi connectivity index (χ2v) is 6.90. The van der Waals surface area contributed by atoms with E-state index in [2.05, 4.69) is 43.0 Å². The van der Waals surface area contributed by atoms with Crippen LogP contribution in [0.1, 0.15) is 41.8 Å². The molecule has 2 aromatic rings. The van der Waals surface area contributed by atoms with Crippen molar-refractivity contribution in [2.45, 2.75) is 46.2 Å². The molecule has 0 saturated carbocycles. The molecular weight excluding hydrogens is 254 g/mol. The fourth-order valence-electron chi connectivity index (χ4n) is 1.74. The van der Waals surface area contributed by atoms with Gasteiger partial charge in [0, 0.05) is 42.0 Å². The second kappa shape index (κ2) is 5.80. The highest BCUT2D eigenvalue weighted by Gasteiger charge is 2.17. The summed E-state index contributed by atoms with van der Waals surface area (Å²) in [7, 11) is 0. The van der Waals surface area contributed by atoms with E-state index in [1.165, 1.54) is 21.0 Å². The Hall–Kier alpha value is -1.26. The fraction of sp³-hybridized carbons (Fsp3) is 0.467. The van der Waals surface area contributed by atoms with Gasteiger partial charge in [-0.2, -0.15) is 0 Å². The Bertz CT molecular complexity index is 540. The summed E-state index contributed by atoms with van der Waals surface area (Å²) in [5, 5.41) is 4.65. The van der Waals surface area contributed by atoms with Crippen LogP contribution in [0.4, 0.5) is 0 Å². The van der Waals surface area contributed by atoms with Gasteiger partial charge in [0.2, 0.25) is 0 Å². The third kappa shape index (κ3) is 3.85. The first-order valence-electron chi connectivity index (χ1n) is 6.52. The lowest BCUT2D eigenvalue weighted by atomic mass is 9.98. The van der Waals surface area contributed by atoms with Crippen LogP contribution < -0.4 is 5.32 Å². The van der Waals surface area contributed by atoms with Gasteiger partial charge in [0.1, 0.15) is 0 Å². The summed E-state index contributed by atoms with van der Waals surface area (Å²) in [6, 6.07) is 2.04. The largest absolute Gasteiger partial charge is 0.308 e. The Labute approximate surface area is 119 Å². The molecule has 0 aromatic carbocycles. The molecule has 0 aliphatic carbocycles. The van der Waals surface area contributed by atoms with Crippen LogP contribution in [0.2, 0.25) is 0 Å². The molecule has 0 saturated heterocycles. The zero-order valence-electron chi connectivity index (χ0n) is 12.0. The number of hydrogen-bond acceptors (Lipinski definition) is 4. The Morgan fingerprint density at radius 3 is 2.63 bits per heavy atom. The third-order valence-electron chi connectivity index (χ3n) is 2.96. The minimum atomic E-state index is 0.142. The number of hydrogen-bond donors (Lipinski definition) is 1. The molecule has 3 nitrogen and oxygen atoms in total. The molecule has 0 bridgehead atoms. The monoisotopic (exact) mass is 275 g/mol. The van der Waals surface area contributed by atoms with E-state index in [0.717, 1.165) is 13.1 Å². The predicted octanol–water partition coefficient (Wildman–Crippen LogP) is 3.43. The van der Waals surface area contributed by atoms with Gasteiger partial charge in [-0.3, -0.25) is 4.98 Å². The normalized spacial score (nSPS) is 11.8. The van der Waals surface area contributed by atoms with Crippen LogP contribution >= 0.6 is 11.3 Å². The van der Waals surface area contributed by atoms with E-state index < -0.39 is 0 Å². The van der Waals surface area contributed by atoms with Gasteiger partial charge < -0.3 is 5.32 Å². The van der Waals surface area contributed by atoms with Crippen molar-refractivity contribution in [2.75, 3.05) is 0 Å². The van der Waals surface area contributed by atoms with Gasteiger partial charge in [-0.25, -0.2) is 4.98 Å². The van der Waals surface area contributed by atoms with Crippen LogP contribution in [0.15, 0.2) is 24.7 Å². The van der Waals surface area contributed by atoms with E-state index in [9.17, 15) is 0 Å². The van der Waals surface area contributed by atoms with Gasteiger partial charge in [-0.1, -0.05) is 20.8 Å². The van der Waals surface area contributed by atoms with Gasteiger partial charge >= 0.3 is 0 Å². The minimum Gasteiger partial charge on any atom is -0.308 e. The summed E-state index contributed by atoms with van der Waals surface area (Å²) in [6.07, 6.45) is 5.74. The maximum absolute atomic E-state index is 4.50. The van der Waals surface area contributed by atoms with E-state index in [1.807, 2.05) is 24.7 Å². The van der Waals surface area contributed by atoms with Crippen LogP contribution in [0.3, 0.4) is 0 Å². The zero-order chi connectivity index (χ0) is 13.9. The molecule has 0 aliphatic heterocycles. The molecule has 2 rings (SSSR count). The first-order chi connectivity index (χ1) is 8.97. The maximum Gasteiger partial charge on any atom is 0.0981 e. The number of aromatic nitrogens is 2. The van der Waals surface area contributed by atoms with Crippen LogP contribution in [-0.2, 0) is 18.5 Å². The van der Waals surface area contributed by atoms with Crippen molar-refractivity contribution in [1.82, 2.24) is 15.3 Å². The molecule has 19 heavy (non-hydrogen) atoms. The summed E-state index contributed by atoms with van der Waals surface area (Å²) in [6.45, 7) is 10.4. The van der Waals surface area contributed by atoms with Crippen molar-refractivity contribution in [3.63, 3.8) is 0 Å². The van der Waals surface area contributed by atoms with E-state index in [-0.39, 0.29) is 5.41 Å². The lowest BCUT2D eigenvalue weighted by Gasteiger charge is -2.13. The van der Waals surface area contributed by atoms with E-state index >= 15 is 0 Å². The van der Waals surface area contributed by atoms with Crippen molar-refractivity contribution < 1.29 is 0 Å². The van der Waals surface area contributed by atoms with Crippen molar-refractivity contribution in [1.29, 1.82) is 0 Å². The Kier molecular flexibility index (Phi) is 4.32. The number of pyridine rings is 1. The minimum absolute atomic E-state index is 0.142. The summed E-state index contributed by atoms with van der Waals surface area (Å²) in [4.78, 5) is 9.94. The first-order valence-corrected chi connectivity index (χ1v) is 7.34. The second-order valence-electron chi connectivity index (χ2n) is 5.79. The molecular formula is C15H21N3S. The number of rotatable bonds is 4. The van der Waals surface area contributed by atoms with E-state index in [4.69, 9.17) is 0 Å². The average molecular weight is 275 g/mol. The van der Waals surface area contributed by atoms with Gasteiger partial charge in [0.25, 0.3) is 0 Å². The number of aryl methyl sites for hydroxylation is 1. The number of nitrogens with one attached hydrogen (secondary N) is 1. The molecule has 0 aliphatic rings. The molecule has 0 radical (unpaired) electrons. The highest BCUT2D eigenvalue weighted by atomic mass is 32.1.